The SMILES string of the molecule is COc1cccc(C2CCCN2C(=O)c2cc(C(=O)O)ccn2)c1. The quantitative estimate of drug-likeness (QED) is 0.934. The Morgan fingerprint density at radius 2 is 2.12 bits per heavy atom. The van der Waals surface area contributed by atoms with Gasteiger partial charge in [-0.2, -0.15) is 0 Å². The predicted octanol–water partition coefficient (Wildman–Crippen LogP) is 2.77. The second kappa shape index (κ2) is 6.70. The molecule has 3 rings (SSSR count). The summed E-state index contributed by atoms with van der Waals surface area (Å²) in [4.78, 5) is 29.7. The molecule has 1 atom stereocenters. The smallest absolute Gasteiger partial charge is 0.335 e. The van der Waals surface area contributed by atoms with Crippen molar-refractivity contribution in [3.8, 4) is 5.75 Å². The zero-order valence-electron chi connectivity index (χ0n) is 13.3. The summed E-state index contributed by atoms with van der Waals surface area (Å²) in [5.41, 5.74) is 1.23. The summed E-state index contributed by atoms with van der Waals surface area (Å²) in [5, 5.41) is 9.08. The standard InChI is InChI=1S/C18H18N2O4/c1-24-14-5-2-4-12(10-14)16-6-3-9-20(16)17(21)15-11-13(18(22)23)7-8-19-15/h2,4-5,7-8,10-11,16H,3,6,9H2,1H3,(H,22,23). The average molecular weight is 326 g/mol. The van der Waals surface area contributed by atoms with E-state index >= 15 is 0 Å². The molecule has 0 aliphatic carbocycles. The molecule has 1 aliphatic heterocycles. The molecule has 6 nitrogen and oxygen atoms in total. The number of carboxylic acid groups (broad SMARTS) is 1. The van der Waals surface area contributed by atoms with E-state index in [1.54, 1.807) is 12.0 Å². The van der Waals surface area contributed by atoms with Crippen molar-refractivity contribution in [2.45, 2.75) is 18.9 Å². The van der Waals surface area contributed by atoms with Crippen LogP contribution in [0.1, 0.15) is 45.3 Å². The van der Waals surface area contributed by atoms with E-state index < -0.39 is 5.97 Å². The normalized spacial score (nSPS) is 16.9. The van der Waals surface area contributed by atoms with Gasteiger partial charge in [-0.3, -0.25) is 9.78 Å². The van der Waals surface area contributed by atoms with Crippen molar-refractivity contribution >= 4 is 11.9 Å². The van der Waals surface area contributed by atoms with Gasteiger partial charge >= 0.3 is 5.97 Å². The van der Waals surface area contributed by atoms with Gasteiger partial charge in [0.1, 0.15) is 11.4 Å². The average Bonchev–Trinajstić information content (AvgIpc) is 3.11. The summed E-state index contributed by atoms with van der Waals surface area (Å²) in [6.45, 7) is 0.625. The van der Waals surface area contributed by atoms with Crippen LogP contribution >= 0.6 is 0 Å². The number of hydrogen-bond acceptors (Lipinski definition) is 4. The lowest BCUT2D eigenvalue weighted by atomic mass is 10.0. The molecule has 0 radical (unpaired) electrons. The number of likely N-dealkylation sites (tertiary alicyclic amines) is 1. The number of carbonyl (C=O) groups excluding carboxylic acids is 1. The Bertz CT molecular complexity index is 775. The number of methoxy groups -OCH3 is 1. The van der Waals surface area contributed by atoms with E-state index in [0.717, 1.165) is 24.2 Å². The number of pyridine rings is 1. The van der Waals surface area contributed by atoms with Crippen LogP contribution in [0, 0.1) is 0 Å². The zero-order valence-corrected chi connectivity index (χ0v) is 13.3. The van der Waals surface area contributed by atoms with Crippen LogP contribution in [-0.4, -0.2) is 40.5 Å². The molecule has 0 spiro atoms. The third-order valence-corrected chi connectivity index (χ3v) is 4.22. The van der Waals surface area contributed by atoms with Crippen LogP contribution in [0.25, 0.3) is 0 Å². The highest BCUT2D eigenvalue weighted by Crippen LogP contribution is 2.34. The fraction of sp³-hybridized carbons (Fsp3) is 0.278. The lowest BCUT2D eigenvalue weighted by Crippen LogP contribution is -2.31. The first-order valence-electron chi connectivity index (χ1n) is 7.74. The van der Waals surface area contributed by atoms with Gasteiger partial charge in [0, 0.05) is 12.7 Å². The first-order valence-corrected chi connectivity index (χ1v) is 7.74. The molecule has 0 bridgehead atoms. The van der Waals surface area contributed by atoms with Crippen molar-refractivity contribution < 1.29 is 19.4 Å². The molecule has 1 N–H and O–H groups in total. The van der Waals surface area contributed by atoms with E-state index in [1.165, 1.54) is 18.3 Å². The molecule has 2 heterocycles. The van der Waals surface area contributed by atoms with Gasteiger partial charge in [-0.05, 0) is 42.7 Å². The number of nitrogens with zero attached hydrogens (tertiary/aromatic N) is 2. The highest BCUT2D eigenvalue weighted by Gasteiger charge is 2.31. The molecule has 2 aromatic rings. The predicted molar refractivity (Wildman–Crippen MR) is 87.2 cm³/mol. The highest BCUT2D eigenvalue weighted by molar-refractivity contribution is 5.96. The number of aromatic nitrogens is 1. The van der Waals surface area contributed by atoms with Crippen molar-refractivity contribution in [2.24, 2.45) is 0 Å². The lowest BCUT2D eigenvalue weighted by molar-refractivity contribution is 0.0696. The molecule has 1 aromatic carbocycles. The fourth-order valence-electron chi connectivity index (χ4n) is 3.03. The fourth-order valence-corrected chi connectivity index (χ4v) is 3.03. The Balaban J connectivity index is 1.88. The van der Waals surface area contributed by atoms with Gasteiger partial charge in [0.05, 0.1) is 18.7 Å². The minimum absolute atomic E-state index is 0.0529. The Morgan fingerprint density at radius 3 is 2.88 bits per heavy atom. The number of amides is 1. The molecule has 6 heteroatoms. The van der Waals surface area contributed by atoms with Crippen LogP contribution in [0.2, 0.25) is 0 Å². The first-order chi connectivity index (χ1) is 11.6. The van der Waals surface area contributed by atoms with E-state index in [-0.39, 0.29) is 23.2 Å². The largest absolute Gasteiger partial charge is 0.497 e. The van der Waals surface area contributed by atoms with E-state index in [1.807, 2.05) is 24.3 Å². The van der Waals surface area contributed by atoms with Crippen molar-refractivity contribution in [3.05, 3.63) is 59.4 Å². The number of aromatic carboxylic acids is 1. The summed E-state index contributed by atoms with van der Waals surface area (Å²) in [7, 11) is 1.61. The summed E-state index contributed by atoms with van der Waals surface area (Å²) in [6.07, 6.45) is 3.11. The molecule has 1 aromatic heterocycles. The molecular weight excluding hydrogens is 308 g/mol. The van der Waals surface area contributed by atoms with Gasteiger partial charge < -0.3 is 14.7 Å². The number of ether oxygens (including phenoxy) is 1. The number of carboxylic acids is 1. The van der Waals surface area contributed by atoms with E-state index in [2.05, 4.69) is 4.98 Å². The number of hydrogen-bond donors (Lipinski definition) is 1. The minimum Gasteiger partial charge on any atom is -0.497 e. The number of carbonyl (C=O) groups is 2. The maximum atomic E-state index is 12.8. The second-order valence-electron chi connectivity index (χ2n) is 5.67. The maximum Gasteiger partial charge on any atom is 0.335 e. The highest BCUT2D eigenvalue weighted by atomic mass is 16.5. The van der Waals surface area contributed by atoms with Crippen LogP contribution < -0.4 is 4.74 Å². The summed E-state index contributed by atoms with van der Waals surface area (Å²) in [6, 6.07) is 10.3. The molecule has 24 heavy (non-hydrogen) atoms. The summed E-state index contributed by atoms with van der Waals surface area (Å²) in [5.74, 6) is -0.571. The van der Waals surface area contributed by atoms with Crippen LogP contribution in [0.4, 0.5) is 0 Å². The third kappa shape index (κ3) is 3.08. The Hall–Kier alpha value is -2.89. The van der Waals surface area contributed by atoms with Crippen LogP contribution in [0.15, 0.2) is 42.6 Å². The summed E-state index contributed by atoms with van der Waals surface area (Å²) >= 11 is 0. The van der Waals surface area contributed by atoms with Crippen molar-refractivity contribution in [3.63, 3.8) is 0 Å². The summed E-state index contributed by atoms with van der Waals surface area (Å²) < 4.78 is 5.26. The monoisotopic (exact) mass is 326 g/mol. The van der Waals surface area contributed by atoms with Gasteiger partial charge in [-0.1, -0.05) is 12.1 Å². The molecular formula is C18H18N2O4. The first kappa shape index (κ1) is 16.0. The van der Waals surface area contributed by atoms with Gasteiger partial charge in [0.25, 0.3) is 5.91 Å². The van der Waals surface area contributed by atoms with Gasteiger partial charge in [-0.25, -0.2) is 4.79 Å². The topological polar surface area (TPSA) is 79.7 Å². The van der Waals surface area contributed by atoms with Crippen molar-refractivity contribution in [1.82, 2.24) is 9.88 Å². The Morgan fingerprint density at radius 1 is 1.29 bits per heavy atom. The van der Waals surface area contributed by atoms with E-state index in [9.17, 15) is 9.59 Å². The Labute approximate surface area is 139 Å². The van der Waals surface area contributed by atoms with Gasteiger partial charge in [0.15, 0.2) is 0 Å². The minimum atomic E-state index is -1.07. The Kier molecular flexibility index (Phi) is 4.46. The molecule has 1 aliphatic rings. The lowest BCUT2D eigenvalue weighted by Gasteiger charge is -2.25. The van der Waals surface area contributed by atoms with Gasteiger partial charge in [0.2, 0.25) is 0 Å². The molecule has 1 saturated heterocycles. The van der Waals surface area contributed by atoms with Crippen molar-refractivity contribution in [2.75, 3.05) is 13.7 Å². The van der Waals surface area contributed by atoms with E-state index in [0.29, 0.717) is 6.54 Å². The second-order valence-corrected chi connectivity index (χ2v) is 5.67. The van der Waals surface area contributed by atoms with Crippen molar-refractivity contribution in [1.29, 1.82) is 0 Å². The number of rotatable bonds is 4. The van der Waals surface area contributed by atoms with Crippen LogP contribution in [-0.2, 0) is 0 Å². The van der Waals surface area contributed by atoms with E-state index in [4.69, 9.17) is 9.84 Å². The van der Waals surface area contributed by atoms with Crippen LogP contribution in [0.5, 0.6) is 5.75 Å². The van der Waals surface area contributed by atoms with Gasteiger partial charge in [-0.15, -0.1) is 0 Å². The van der Waals surface area contributed by atoms with Crippen LogP contribution in [0.3, 0.4) is 0 Å². The molecule has 1 fully saturated rings. The molecule has 0 saturated carbocycles. The number of benzene rings is 1. The third-order valence-electron chi connectivity index (χ3n) is 4.22. The molecule has 1 unspecified atom stereocenters. The maximum absolute atomic E-state index is 12.8. The zero-order chi connectivity index (χ0) is 17.1. The molecule has 1 amide bonds. The molecule has 124 valence electrons.